The molecule has 2 aliphatic heterocycles. The molecule has 37 heavy (non-hydrogen) atoms. The normalized spacial score (nSPS) is 22.3. The van der Waals surface area contributed by atoms with E-state index in [2.05, 4.69) is 20.1 Å². The minimum Gasteiger partial charge on any atom is -0.493 e. The largest absolute Gasteiger partial charge is 0.493 e. The van der Waals surface area contributed by atoms with Crippen LogP contribution < -0.4 is 19.7 Å². The van der Waals surface area contributed by atoms with Gasteiger partial charge in [-0.3, -0.25) is 9.69 Å². The van der Waals surface area contributed by atoms with Gasteiger partial charge in [0.25, 0.3) is 5.91 Å². The predicted octanol–water partition coefficient (Wildman–Crippen LogP) is 4.69. The zero-order chi connectivity index (χ0) is 25.8. The van der Waals surface area contributed by atoms with Crippen molar-refractivity contribution >= 4 is 11.7 Å². The Morgan fingerprint density at radius 1 is 1.05 bits per heavy atom. The van der Waals surface area contributed by atoms with E-state index in [-0.39, 0.29) is 17.6 Å². The van der Waals surface area contributed by atoms with Crippen molar-refractivity contribution in [1.82, 2.24) is 15.2 Å². The fourth-order valence-corrected chi connectivity index (χ4v) is 5.81. The summed E-state index contributed by atoms with van der Waals surface area (Å²) >= 11 is 0. The number of nitrogens with zero attached hydrogens (tertiary/aromatic N) is 3. The molecule has 1 N–H and O–H groups in total. The first-order valence-corrected chi connectivity index (χ1v) is 14.0. The molecule has 1 saturated carbocycles. The van der Waals surface area contributed by atoms with E-state index in [1.165, 1.54) is 31.4 Å². The SMILES string of the molecule is CC(C)(C)Oc1ccc(C(=O)NC2CCC(CCN3CCN(c4nccc5c4CCO5)CC3)CC2)cc1. The van der Waals surface area contributed by atoms with Gasteiger partial charge in [-0.1, -0.05) is 0 Å². The Morgan fingerprint density at radius 3 is 2.49 bits per heavy atom. The number of ether oxygens (including phenoxy) is 2. The van der Waals surface area contributed by atoms with Crippen LogP contribution in [-0.4, -0.2) is 66.8 Å². The molecule has 0 spiro atoms. The van der Waals surface area contributed by atoms with E-state index in [0.717, 1.165) is 75.3 Å². The number of hydrogen-bond donors (Lipinski definition) is 1. The maximum absolute atomic E-state index is 12.7. The zero-order valence-electron chi connectivity index (χ0n) is 22.7. The molecule has 200 valence electrons. The molecule has 2 aromatic rings. The van der Waals surface area contributed by atoms with Gasteiger partial charge in [-0.15, -0.1) is 0 Å². The number of benzene rings is 1. The molecule has 2 fully saturated rings. The van der Waals surface area contributed by atoms with Crippen LogP contribution in [0.5, 0.6) is 11.5 Å². The van der Waals surface area contributed by atoms with Crippen molar-refractivity contribution in [1.29, 1.82) is 0 Å². The van der Waals surface area contributed by atoms with E-state index in [9.17, 15) is 4.79 Å². The van der Waals surface area contributed by atoms with Crippen LogP contribution in [0.3, 0.4) is 0 Å². The number of piperazine rings is 1. The summed E-state index contributed by atoms with van der Waals surface area (Å²) in [5, 5.41) is 3.26. The Morgan fingerprint density at radius 2 is 1.78 bits per heavy atom. The first-order valence-electron chi connectivity index (χ1n) is 14.0. The molecule has 5 rings (SSSR count). The summed E-state index contributed by atoms with van der Waals surface area (Å²) in [4.78, 5) is 22.5. The van der Waals surface area contributed by atoms with Crippen LogP contribution in [0, 0.1) is 5.92 Å². The Bertz CT molecular complexity index is 1050. The molecule has 1 aromatic heterocycles. The molecule has 3 heterocycles. The number of pyridine rings is 1. The van der Waals surface area contributed by atoms with E-state index in [4.69, 9.17) is 9.47 Å². The van der Waals surface area contributed by atoms with Gasteiger partial charge in [0.05, 0.1) is 6.61 Å². The molecule has 3 aliphatic rings. The Labute approximate surface area is 221 Å². The van der Waals surface area contributed by atoms with Gasteiger partial charge >= 0.3 is 0 Å². The third-order valence-electron chi connectivity index (χ3n) is 7.85. The number of hydrogen-bond acceptors (Lipinski definition) is 6. The Kier molecular flexibility index (Phi) is 7.89. The van der Waals surface area contributed by atoms with Crippen molar-refractivity contribution in [3.05, 3.63) is 47.7 Å². The summed E-state index contributed by atoms with van der Waals surface area (Å²) < 4.78 is 11.6. The number of amides is 1. The second-order valence-corrected chi connectivity index (χ2v) is 11.8. The minimum atomic E-state index is -0.244. The fourth-order valence-electron chi connectivity index (χ4n) is 5.81. The van der Waals surface area contributed by atoms with E-state index >= 15 is 0 Å². The summed E-state index contributed by atoms with van der Waals surface area (Å²) in [6.07, 6.45) is 8.64. The summed E-state index contributed by atoms with van der Waals surface area (Å²) in [6, 6.07) is 9.75. The highest BCUT2D eigenvalue weighted by molar-refractivity contribution is 5.94. The quantitative estimate of drug-likeness (QED) is 0.588. The highest BCUT2D eigenvalue weighted by atomic mass is 16.5. The summed E-state index contributed by atoms with van der Waals surface area (Å²) in [5.74, 6) is 3.72. The number of nitrogens with one attached hydrogen (secondary N) is 1. The summed E-state index contributed by atoms with van der Waals surface area (Å²) in [5.41, 5.74) is 1.74. The minimum absolute atomic E-state index is 0.0220. The lowest BCUT2D eigenvalue weighted by Crippen LogP contribution is -2.47. The first kappa shape index (κ1) is 25.8. The second-order valence-electron chi connectivity index (χ2n) is 11.8. The maximum atomic E-state index is 12.7. The van der Waals surface area contributed by atoms with Crippen LogP contribution in [0.1, 0.15) is 68.8 Å². The molecule has 7 nitrogen and oxygen atoms in total. The molecule has 0 unspecified atom stereocenters. The van der Waals surface area contributed by atoms with Gasteiger partial charge in [0, 0.05) is 56.0 Å². The van der Waals surface area contributed by atoms with Crippen molar-refractivity contribution < 1.29 is 14.3 Å². The molecule has 1 saturated heterocycles. The first-order chi connectivity index (χ1) is 17.8. The van der Waals surface area contributed by atoms with Crippen LogP contribution >= 0.6 is 0 Å². The van der Waals surface area contributed by atoms with Crippen LogP contribution in [0.25, 0.3) is 0 Å². The molecule has 0 radical (unpaired) electrons. The zero-order valence-corrected chi connectivity index (χ0v) is 22.7. The van der Waals surface area contributed by atoms with E-state index in [0.29, 0.717) is 5.56 Å². The average Bonchev–Trinajstić information content (AvgIpc) is 3.37. The second kappa shape index (κ2) is 11.3. The molecule has 0 atom stereocenters. The van der Waals surface area contributed by atoms with E-state index < -0.39 is 0 Å². The topological polar surface area (TPSA) is 66.9 Å². The summed E-state index contributed by atoms with van der Waals surface area (Å²) in [6.45, 7) is 12.3. The van der Waals surface area contributed by atoms with Gasteiger partial charge in [-0.2, -0.15) is 0 Å². The molecule has 1 aromatic carbocycles. The van der Waals surface area contributed by atoms with Crippen molar-refractivity contribution in [3.63, 3.8) is 0 Å². The van der Waals surface area contributed by atoms with E-state index in [1.807, 2.05) is 57.3 Å². The van der Waals surface area contributed by atoms with Crippen molar-refractivity contribution in [2.24, 2.45) is 5.92 Å². The lowest BCUT2D eigenvalue weighted by Gasteiger charge is -2.37. The molecule has 0 bridgehead atoms. The summed E-state index contributed by atoms with van der Waals surface area (Å²) in [7, 11) is 0. The smallest absolute Gasteiger partial charge is 0.251 e. The molecular weight excluding hydrogens is 464 g/mol. The highest BCUT2D eigenvalue weighted by Crippen LogP contribution is 2.33. The Hall–Kier alpha value is -2.80. The van der Waals surface area contributed by atoms with Crippen LogP contribution in [-0.2, 0) is 6.42 Å². The van der Waals surface area contributed by atoms with Gasteiger partial charge in [0.1, 0.15) is 22.9 Å². The lowest BCUT2D eigenvalue weighted by molar-refractivity contribution is 0.0919. The third-order valence-corrected chi connectivity index (χ3v) is 7.85. The van der Waals surface area contributed by atoms with Crippen molar-refractivity contribution in [3.8, 4) is 11.5 Å². The van der Waals surface area contributed by atoms with Gasteiger partial charge in [-0.25, -0.2) is 4.98 Å². The number of fused-ring (bicyclic) bond motifs is 1. The molecule has 7 heteroatoms. The van der Waals surface area contributed by atoms with Gasteiger partial charge < -0.3 is 19.7 Å². The standard InChI is InChI=1S/C30H42N4O3/c1-30(2,3)37-25-10-6-23(7-11-25)29(35)32-24-8-4-22(5-9-24)13-16-33-17-19-34(20-18-33)28-26-14-21-36-27(26)12-15-31-28/h6-7,10-12,15,22,24H,4-5,8-9,13-14,16-21H2,1-3H3,(H,32,35). The van der Waals surface area contributed by atoms with Crippen molar-refractivity contribution in [2.45, 2.75) is 70.9 Å². The number of carbonyl (C=O) groups excluding carboxylic acids is 1. The maximum Gasteiger partial charge on any atom is 0.251 e. The number of anilines is 1. The van der Waals surface area contributed by atoms with Gasteiger partial charge in [-0.05, 0) is 95.7 Å². The third kappa shape index (κ3) is 6.75. The number of carbonyl (C=O) groups is 1. The van der Waals surface area contributed by atoms with Gasteiger partial charge in [0.15, 0.2) is 0 Å². The highest BCUT2D eigenvalue weighted by Gasteiger charge is 2.26. The van der Waals surface area contributed by atoms with Crippen molar-refractivity contribution in [2.75, 3.05) is 44.2 Å². The molecule has 1 aliphatic carbocycles. The molecule has 1 amide bonds. The Balaban J connectivity index is 1.00. The van der Waals surface area contributed by atoms with E-state index in [1.54, 1.807) is 0 Å². The number of aromatic nitrogens is 1. The fraction of sp³-hybridized carbons (Fsp3) is 0.600. The molecular formula is C30H42N4O3. The average molecular weight is 507 g/mol. The van der Waals surface area contributed by atoms with Crippen LogP contribution in [0.15, 0.2) is 36.5 Å². The monoisotopic (exact) mass is 506 g/mol. The van der Waals surface area contributed by atoms with Crippen LogP contribution in [0.2, 0.25) is 0 Å². The lowest BCUT2D eigenvalue weighted by atomic mass is 9.84. The predicted molar refractivity (Wildman–Crippen MR) is 147 cm³/mol. The number of rotatable bonds is 7. The van der Waals surface area contributed by atoms with Gasteiger partial charge in [0.2, 0.25) is 0 Å². The van der Waals surface area contributed by atoms with Crippen LogP contribution in [0.4, 0.5) is 5.82 Å².